The van der Waals surface area contributed by atoms with Gasteiger partial charge in [0.2, 0.25) is 0 Å². The Bertz CT molecular complexity index is 928. The standard InChI is InChI=1S/C26H36N4O2/c1-6-12-29-17-20(5)30(18-19(29)4)25(21-10-9-11-24(31)14-21)22-13-23(16-27-15-22)26(32)28(7-2)8-3/h6,9-11,13-16,19-20,25,31H,1,7-8,12,17-18H2,2-5H3/t19-,20+,25+/m0/s1. The predicted molar refractivity (Wildman–Crippen MR) is 129 cm³/mol. The fourth-order valence-corrected chi connectivity index (χ4v) is 4.69. The number of pyridine rings is 1. The van der Waals surface area contributed by atoms with E-state index in [0.717, 1.165) is 30.8 Å². The highest BCUT2D eigenvalue weighted by Gasteiger charge is 2.35. The Kier molecular flexibility index (Phi) is 8.04. The highest BCUT2D eigenvalue weighted by Crippen LogP contribution is 2.34. The van der Waals surface area contributed by atoms with Crippen LogP contribution >= 0.6 is 0 Å². The number of amides is 1. The SMILES string of the molecule is C=CCN1C[C@@H](C)N([C@H](c2cccc(O)c2)c2cncc(C(=O)N(CC)CC)c2)C[C@@H]1C. The molecule has 3 atom stereocenters. The van der Waals surface area contributed by atoms with Crippen LogP contribution in [0, 0.1) is 0 Å². The number of phenols is 1. The summed E-state index contributed by atoms with van der Waals surface area (Å²) in [7, 11) is 0. The third-order valence-corrected chi connectivity index (χ3v) is 6.42. The molecule has 0 radical (unpaired) electrons. The summed E-state index contributed by atoms with van der Waals surface area (Å²) in [6, 6.07) is 9.91. The van der Waals surface area contributed by atoms with Gasteiger partial charge in [0.1, 0.15) is 5.75 Å². The highest BCUT2D eigenvalue weighted by atomic mass is 16.3. The third kappa shape index (κ3) is 5.19. The maximum Gasteiger partial charge on any atom is 0.255 e. The van der Waals surface area contributed by atoms with E-state index >= 15 is 0 Å². The van der Waals surface area contributed by atoms with Crippen molar-refractivity contribution in [3.05, 3.63) is 72.1 Å². The van der Waals surface area contributed by atoms with Crippen molar-refractivity contribution in [2.75, 3.05) is 32.7 Å². The van der Waals surface area contributed by atoms with E-state index in [9.17, 15) is 9.90 Å². The summed E-state index contributed by atoms with van der Waals surface area (Å²) >= 11 is 0. The molecule has 1 fully saturated rings. The molecule has 1 saturated heterocycles. The monoisotopic (exact) mass is 436 g/mol. The van der Waals surface area contributed by atoms with Crippen LogP contribution in [0.4, 0.5) is 0 Å². The first kappa shape index (κ1) is 24.0. The first-order valence-corrected chi connectivity index (χ1v) is 11.5. The van der Waals surface area contributed by atoms with Gasteiger partial charge in [0.05, 0.1) is 11.6 Å². The molecule has 32 heavy (non-hydrogen) atoms. The van der Waals surface area contributed by atoms with Crippen molar-refractivity contribution in [3.8, 4) is 5.75 Å². The van der Waals surface area contributed by atoms with Gasteiger partial charge in [-0.15, -0.1) is 6.58 Å². The molecule has 6 heteroatoms. The van der Waals surface area contributed by atoms with Gasteiger partial charge in [-0.3, -0.25) is 19.6 Å². The Hall–Kier alpha value is -2.70. The van der Waals surface area contributed by atoms with Crippen LogP contribution in [0.2, 0.25) is 0 Å². The maximum absolute atomic E-state index is 13.0. The van der Waals surface area contributed by atoms with E-state index < -0.39 is 0 Å². The Morgan fingerprint density at radius 1 is 1.19 bits per heavy atom. The quantitative estimate of drug-likeness (QED) is 0.635. The van der Waals surface area contributed by atoms with Gasteiger partial charge in [0.15, 0.2) is 0 Å². The second-order valence-electron chi connectivity index (χ2n) is 8.62. The number of aromatic hydroxyl groups is 1. The number of carbonyl (C=O) groups excluding carboxylic acids is 1. The molecule has 1 N–H and O–H groups in total. The van der Waals surface area contributed by atoms with Crippen LogP contribution in [0.25, 0.3) is 0 Å². The van der Waals surface area contributed by atoms with Crippen LogP contribution in [0.15, 0.2) is 55.4 Å². The molecule has 1 aliphatic heterocycles. The lowest BCUT2D eigenvalue weighted by Gasteiger charge is -2.47. The van der Waals surface area contributed by atoms with Crippen LogP contribution < -0.4 is 0 Å². The topological polar surface area (TPSA) is 59.9 Å². The number of phenolic OH excluding ortho intramolecular Hbond substituents is 1. The van der Waals surface area contributed by atoms with Crippen LogP contribution in [-0.4, -0.2) is 75.5 Å². The molecule has 1 aromatic heterocycles. The van der Waals surface area contributed by atoms with Crippen molar-refractivity contribution >= 4 is 5.91 Å². The summed E-state index contributed by atoms with van der Waals surface area (Å²) in [5.41, 5.74) is 2.56. The van der Waals surface area contributed by atoms with Crippen molar-refractivity contribution in [1.82, 2.24) is 19.7 Å². The number of rotatable bonds is 8. The largest absolute Gasteiger partial charge is 0.508 e. The Morgan fingerprint density at radius 2 is 1.94 bits per heavy atom. The van der Waals surface area contributed by atoms with Crippen molar-refractivity contribution < 1.29 is 9.90 Å². The van der Waals surface area contributed by atoms with E-state index in [1.54, 1.807) is 12.3 Å². The molecule has 2 aromatic rings. The number of hydrogen-bond acceptors (Lipinski definition) is 5. The molecule has 0 unspecified atom stereocenters. The van der Waals surface area contributed by atoms with Gasteiger partial charge in [-0.25, -0.2) is 0 Å². The number of aromatic nitrogens is 1. The van der Waals surface area contributed by atoms with Gasteiger partial charge in [-0.1, -0.05) is 18.2 Å². The minimum Gasteiger partial charge on any atom is -0.508 e. The molecular weight excluding hydrogens is 400 g/mol. The molecular formula is C26H36N4O2. The first-order chi connectivity index (χ1) is 15.4. The summed E-state index contributed by atoms with van der Waals surface area (Å²) in [4.78, 5) is 24.1. The smallest absolute Gasteiger partial charge is 0.255 e. The van der Waals surface area contributed by atoms with Gasteiger partial charge >= 0.3 is 0 Å². The van der Waals surface area contributed by atoms with Crippen molar-refractivity contribution in [2.24, 2.45) is 0 Å². The highest BCUT2D eigenvalue weighted by molar-refractivity contribution is 5.94. The van der Waals surface area contributed by atoms with Gasteiger partial charge < -0.3 is 10.0 Å². The molecule has 0 aliphatic carbocycles. The van der Waals surface area contributed by atoms with E-state index in [2.05, 4.69) is 35.2 Å². The van der Waals surface area contributed by atoms with Crippen molar-refractivity contribution in [3.63, 3.8) is 0 Å². The summed E-state index contributed by atoms with van der Waals surface area (Å²) in [5.74, 6) is 0.234. The number of hydrogen-bond donors (Lipinski definition) is 1. The van der Waals surface area contributed by atoms with E-state index in [1.807, 2.05) is 55.3 Å². The molecule has 2 heterocycles. The fourth-order valence-electron chi connectivity index (χ4n) is 4.69. The molecule has 6 nitrogen and oxygen atoms in total. The maximum atomic E-state index is 13.0. The molecule has 172 valence electrons. The molecule has 1 amide bonds. The molecule has 1 aromatic carbocycles. The van der Waals surface area contributed by atoms with Crippen molar-refractivity contribution in [1.29, 1.82) is 0 Å². The zero-order valence-corrected chi connectivity index (χ0v) is 19.7. The molecule has 1 aliphatic rings. The van der Waals surface area contributed by atoms with Crippen LogP contribution in [0.3, 0.4) is 0 Å². The van der Waals surface area contributed by atoms with Crippen LogP contribution in [-0.2, 0) is 0 Å². The average Bonchev–Trinajstić information content (AvgIpc) is 2.78. The van der Waals surface area contributed by atoms with Crippen molar-refractivity contribution in [2.45, 2.75) is 45.8 Å². The Labute approximate surface area is 192 Å². The van der Waals surface area contributed by atoms with Gasteiger partial charge in [0, 0.05) is 57.2 Å². The minimum absolute atomic E-state index is 0.00349. The molecule has 3 rings (SSSR count). The number of benzene rings is 1. The number of nitrogens with zero attached hydrogens (tertiary/aromatic N) is 4. The molecule has 0 bridgehead atoms. The predicted octanol–water partition coefficient (Wildman–Crippen LogP) is 3.94. The number of carbonyl (C=O) groups is 1. The summed E-state index contributed by atoms with van der Waals surface area (Å²) in [5, 5.41) is 10.2. The number of piperazine rings is 1. The average molecular weight is 437 g/mol. The molecule has 0 spiro atoms. The Morgan fingerprint density at radius 3 is 2.59 bits per heavy atom. The van der Waals surface area contributed by atoms with Gasteiger partial charge in [0.25, 0.3) is 5.91 Å². The first-order valence-electron chi connectivity index (χ1n) is 11.5. The minimum atomic E-state index is -0.109. The lowest BCUT2D eigenvalue weighted by atomic mass is 9.93. The summed E-state index contributed by atoms with van der Waals surface area (Å²) < 4.78 is 0. The Balaban J connectivity index is 2.03. The van der Waals surface area contributed by atoms with Crippen LogP contribution in [0.1, 0.15) is 55.2 Å². The fraction of sp³-hybridized carbons (Fsp3) is 0.462. The van der Waals surface area contributed by atoms with Crippen LogP contribution in [0.5, 0.6) is 5.75 Å². The molecule has 0 saturated carbocycles. The second-order valence-corrected chi connectivity index (χ2v) is 8.62. The third-order valence-electron chi connectivity index (χ3n) is 6.42. The summed E-state index contributed by atoms with van der Waals surface area (Å²) in [6.45, 7) is 16.3. The lowest BCUT2D eigenvalue weighted by Crippen LogP contribution is -2.57. The summed E-state index contributed by atoms with van der Waals surface area (Å²) in [6.07, 6.45) is 5.46. The lowest BCUT2D eigenvalue weighted by molar-refractivity contribution is 0.0305. The second kappa shape index (κ2) is 10.7. The van der Waals surface area contributed by atoms with E-state index in [4.69, 9.17) is 0 Å². The van der Waals surface area contributed by atoms with Gasteiger partial charge in [-0.05, 0) is 57.0 Å². The zero-order chi connectivity index (χ0) is 23.3. The zero-order valence-electron chi connectivity index (χ0n) is 19.7. The van der Waals surface area contributed by atoms with Gasteiger partial charge in [-0.2, -0.15) is 0 Å². The van der Waals surface area contributed by atoms with E-state index in [0.29, 0.717) is 24.7 Å². The normalized spacial score (nSPS) is 20.6. The van der Waals surface area contributed by atoms with E-state index in [1.165, 1.54) is 0 Å². The van der Waals surface area contributed by atoms with E-state index in [-0.39, 0.29) is 23.7 Å².